The van der Waals surface area contributed by atoms with Gasteiger partial charge in [0.2, 0.25) is 0 Å². The molecule has 0 unspecified atom stereocenters. The third kappa shape index (κ3) is 5.09. The molecule has 3 heteroatoms. The largest absolute Gasteiger partial charge is 0.441 e. The van der Waals surface area contributed by atoms with Crippen molar-refractivity contribution in [3.63, 3.8) is 0 Å². The summed E-state index contributed by atoms with van der Waals surface area (Å²) in [5, 5.41) is 2.79. The van der Waals surface area contributed by atoms with E-state index in [1.165, 1.54) is 63.4 Å². The van der Waals surface area contributed by atoms with E-state index >= 15 is 4.39 Å². The van der Waals surface area contributed by atoms with E-state index < -0.39 is 0 Å². The maximum atomic E-state index is 15.2. The summed E-state index contributed by atoms with van der Waals surface area (Å²) in [7, 11) is 0. The van der Waals surface area contributed by atoms with Crippen molar-refractivity contribution in [3.8, 4) is 0 Å². The van der Waals surface area contributed by atoms with Crippen LogP contribution in [-0.2, 0) is 6.42 Å². The second-order valence-electron chi connectivity index (χ2n) is 9.78. The predicted octanol–water partition coefficient (Wildman–Crippen LogP) is 10.0. The fourth-order valence-corrected chi connectivity index (χ4v) is 5.74. The molecule has 2 aromatic carbocycles. The summed E-state index contributed by atoms with van der Waals surface area (Å²) in [4.78, 5) is 0. The highest BCUT2D eigenvalue weighted by Gasteiger charge is 2.23. The van der Waals surface area contributed by atoms with Crippen LogP contribution < -0.4 is 0 Å². The third-order valence-corrected chi connectivity index (χ3v) is 7.81. The van der Waals surface area contributed by atoms with Gasteiger partial charge in [-0.05, 0) is 85.2 Å². The summed E-state index contributed by atoms with van der Waals surface area (Å²) < 4.78 is 21.6. The second kappa shape index (κ2) is 10.9. The molecule has 0 amide bonds. The van der Waals surface area contributed by atoms with Gasteiger partial charge in [0.1, 0.15) is 0 Å². The lowest BCUT2D eigenvalue weighted by Crippen LogP contribution is -2.13. The number of benzene rings is 2. The van der Waals surface area contributed by atoms with Crippen LogP contribution in [0.1, 0.15) is 102 Å². The molecule has 0 N–H and O–H groups in total. The Balaban J connectivity index is 1.59. The molecule has 1 heterocycles. The average Bonchev–Trinajstić information content (AvgIpc) is 2.82. The Bertz CT molecular complexity index is 1110. The molecule has 32 heavy (non-hydrogen) atoms. The number of halogens is 1. The van der Waals surface area contributed by atoms with Gasteiger partial charge < -0.3 is 4.42 Å². The van der Waals surface area contributed by atoms with Crippen molar-refractivity contribution in [2.45, 2.75) is 96.8 Å². The van der Waals surface area contributed by atoms with Crippen LogP contribution in [0, 0.1) is 16.4 Å². The van der Waals surface area contributed by atoms with Gasteiger partial charge in [0.05, 0.1) is 0 Å². The van der Waals surface area contributed by atoms with Crippen LogP contribution in [0.2, 0.25) is 0 Å². The van der Waals surface area contributed by atoms with Crippen molar-refractivity contribution in [1.82, 2.24) is 0 Å². The van der Waals surface area contributed by atoms with Crippen LogP contribution >= 0.6 is 12.2 Å². The number of hydrogen-bond donors (Lipinski definition) is 0. The molecule has 0 radical (unpaired) electrons. The fourth-order valence-electron chi connectivity index (χ4n) is 5.49. The van der Waals surface area contributed by atoms with Crippen molar-refractivity contribution < 1.29 is 8.81 Å². The minimum atomic E-state index is -0.235. The highest BCUT2D eigenvalue weighted by atomic mass is 32.1. The summed E-state index contributed by atoms with van der Waals surface area (Å²) >= 11 is 5.60. The molecule has 0 spiro atoms. The minimum absolute atomic E-state index is 0.235. The molecule has 4 rings (SSSR count). The van der Waals surface area contributed by atoms with E-state index in [-0.39, 0.29) is 5.82 Å². The Morgan fingerprint density at radius 1 is 0.875 bits per heavy atom. The first-order valence-electron chi connectivity index (χ1n) is 12.8. The predicted molar refractivity (Wildman–Crippen MR) is 137 cm³/mol. The topological polar surface area (TPSA) is 13.1 Å². The van der Waals surface area contributed by atoms with Gasteiger partial charge in [0.25, 0.3) is 0 Å². The lowest BCUT2D eigenvalue weighted by Gasteiger charge is -2.29. The molecular formula is C29H37FOS. The second-order valence-corrected chi connectivity index (χ2v) is 10.2. The number of hydrogen-bond acceptors (Lipinski definition) is 2. The van der Waals surface area contributed by atoms with E-state index in [2.05, 4.69) is 32.0 Å². The molecule has 1 aliphatic carbocycles. The maximum Gasteiger partial charge on any atom is 0.198 e. The number of rotatable bonds is 9. The molecule has 1 aliphatic rings. The maximum absolute atomic E-state index is 15.2. The van der Waals surface area contributed by atoms with Crippen LogP contribution in [0.3, 0.4) is 0 Å². The third-order valence-electron chi connectivity index (χ3n) is 7.51. The zero-order valence-electron chi connectivity index (χ0n) is 19.7. The summed E-state index contributed by atoms with van der Waals surface area (Å²) in [5.74, 6) is 1.27. The smallest absolute Gasteiger partial charge is 0.198 e. The van der Waals surface area contributed by atoms with Crippen molar-refractivity contribution in [1.29, 1.82) is 0 Å². The standard InChI is InChI=1S/C29H37FOS/c1-3-5-7-8-10-22-15-18-25-24-17-16-23(19-26(24)29(32)31-28(25)27(22)30)21-13-11-20(12-14-21)9-6-4-2/h15-21H,3-14H2,1-2H3. The van der Waals surface area contributed by atoms with E-state index in [1.54, 1.807) is 0 Å². The molecule has 0 aliphatic heterocycles. The Morgan fingerprint density at radius 2 is 1.62 bits per heavy atom. The van der Waals surface area contributed by atoms with Crippen molar-refractivity contribution >= 4 is 34.0 Å². The van der Waals surface area contributed by atoms with Crippen molar-refractivity contribution in [2.75, 3.05) is 0 Å². The van der Waals surface area contributed by atoms with Crippen LogP contribution in [0.5, 0.6) is 0 Å². The molecule has 0 bridgehead atoms. The van der Waals surface area contributed by atoms with Gasteiger partial charge in [-0.15, -0.1) is 0 Å². The Labute approximate surface area is 197 Å². The van der Waals surface area contributed by atoms with Gasteiger partial charge in [-0.2, -0.15) is 0 Å². The Hall–Kier alpha value is -1.74. The SMILES string of the molecule is CCCCCCc1ccc2c(oc(=S)c3cc(C4CCC(CCCC)CC4)ccc32)c1F. The lowest BCUT2D eigenvalue weighted by atomic mass is 9.77. The van der Waals surface area contributed by atoms with E-state index in [9.17, 15) is 0 Å². The van der Waals surface area contributed by atoms with Gasteiger partial charge in [0, 0.05) is 10.8 Å². The first-order valence-corrected chi connectivity index (χ1v) is 13.2. The molecule has 1 fully saturated rings. The van der Waals surface area contributed by atoms with Crippen molar-refractivity contribution in [2.24, 2.45) is 5.92 Å². The van der Waals surface area contributed by atoms with E-state index in [4.69, 9.17) is 16.6 Å². The Kier molecular flexibility index (Phi) is 7.99. The first-order chi connectivity index (χ1) is 15.6. The van der Waals surface area contributed by atoms with Crippen LogP contribution in [0.25, 0.3) is 21.7 Å². The van der Waals surface area contributed by atoms with Gasteiger partial charge in [0.15, 0.2) is 16.1 Å². The van der Waals surface area contributed by atoms with E-state index in [1.807, 2.05) is 12.1 Å². The van der Waals surface area contributed by atoms with Crippen LogP contribution in [-0.4, -0.2) is 0 Å². The number of fused-ring (bicyclic) bond motifs is 3. The van der Waals surface area contributed by atoms with Crippen LogP contribution in [0.15, 0.2) is 34.7 Å². The zero-order valence-corrected chi connectivity index (χ0v) is 20.5. The zero-order chi connectivity index (χ0) is 22.5. The molecule has 172 valence electrons. The lowest BCUT2D eigenvalue weighted by molar-refractivity contribution is 0.304. The molecule has 0 atom stereocenters. The van der Waals surface area contributed by atoms with Crippen molar-refractivity contribution in [3.05, 3.63) is 52.0 Å². The highest BCUT2D eigenvalue weighted by molar-refractivity contribution is 7.71. The number of unbranched alkanes of at least 4 members (excludes halogenated alkanes) is 4. The van der Waals surface area contributed by atoms with Gasteiger partial charge in [-0.25, -0.2) is 4.39 Å². The molecule has 0 saturated heterocycles. The quantitative estimate of drug-likeness (QED) is 0.182. The monoisotopic (exact) mass is 452 g/mol. The first kappa shape index (κ1) is 23.4. The summed E-state index contributed by atoms with van der Waals surface area (Å²) in [5.41, 5.74) is 2.42. The Morgan fingerprint density at radius 3 is 2.38 bits per heavy atom. The van der Waals surface area contributed by atoms with E-state index in [0.717, 1.165) is 46.9 Å². The number of aryl methyl sites for hydroxylation is 1. The summed E-state index contributed by atoms with van der Waals surface area (Å²) in [6.45, 7) is 4.47. The fraction of sp³-hybridized carbons (Fsp3) is 0.552. The molecule has 1 aromatic heterocycles. The summed E-state index contributed by atoms with van der Waals surface area (Å²) in [6, 6.07) is 10.6. The molecular weight excluding hydrogens is 415 g/mol. The minimum Gasteiger partial charge on any atom is -0.441 e. The highest BCUT2D eigenvalue weighted by Crippen LogP contribution is 2.39. The van der Waals surface area contributed by atoms with Gasteiger partial charge in [-0.1, -0.05) is 76.6 Å². The van der Waals surface area contributed by atoms with E-state index in [0.29, 0.717) is 16.2 Å². The van der Waals surface area contributed by atoms with Crippen LogP contribution in [0.4, 0.5) is 4.39 Å². The average molecular weight is 453 g/mol. The van der Waals surface area contributed by atoms with Gasteiger partial charge in [-0.3, -0.25) is 0 Å². The molecule has 1 nitrogen and oxygen atoms in total. The van der Waals surface area contributed by atoms with Gasteiger partial charge >= 0.3 is 0 Å². The molecule has 1 saturated carbocycles. The molecule has 3 aromatic rings. The summed E-state index contributed by atoms with van der Waals surface area (Å²) in [6.07, 6.45) is 14.5. The normalized spacial score (nSPS) is 19.1.